The fourth-order valence-electron chi connectivity index (χ4n) is 1.48. The lowest BCUT2D eigenvalue weighted by molar-refractivity contribution is -0.105. The van der Waals surface area contributed by atoms with E-state index in [1.807, 2.05) is 32.3 Å². The Kier molecular flexibility index (Phi) is 4.24. The maximum absolute atomic E-state index is 11.1. The Balaban J connectivity index is 2.25. The third-order valence-electron chi connectivity index (χ3n) is 2.46. The molecule has 19 heavy (non-hydrogen) atoms. The highest BCUT2D eigenvalue weighted by atomic mass is 32.1. The van der Waals surface area contributed by atoms with Crippen molar-refractivity contribution in [1.82, 2.24) is 15.2 Å². The molecule has 0 aliphatic carbocycles. The van der Waals surface area contributed by atoms with Crippen LogP contribution >= 0.6 is 23.6 Å². The summed E-state index contributed by atoms with van der Waals surface area (Å²) in [5.74, 6) is 0. The number of rotatable bonds is 3. The summed E-state index contributed by atoms with van der Waals surface area (Å²) in [5.41, 5.74) is 4.14. The van der Waals surface area contributed by atoms with Crippen LogP contribution in [-0.2, 0) is 4.79 Å². The third-order valence-corrected chi connectivity index (χ3v) is 3.72. The van der Waals surface area contributed by atoms with Crippen molar-refractivity contribution in [1.29, 1.82) is 0 Å². The zero-order valence-corrected chi connectivity index (χ0v) is 12.2. The summed E-state index contributed by atoms with van der Waals surface area (Å²) in [7, 11) is 3.64. The van der Waals surface area contributed by atoms with E-state index in [0.29, 0.717) is 10.8 Å². The van der Waals surface area contributed by atoms with Crippen molar-refractivity contribution < 1.29 is 4.79 Å². The van der Waals surface area contributed by atoms with Gasteiger partial charge < -0.3 is 10.2 Å². The Bertz CT molecular complexity index is 646. The van der Waals surface area contributed by atoms with E-state index in [9.17, 15) is 4.79 Å². The van der Waals surface area contributed by atoms with Gasteiger partial charge in [-0.15, -0.1) is 11.3 Å². The topological polar surface area (TPSA) is 45.2 Å². The Labute approximate surface area is 120 Å². The number of carbonyl (C=O) groups excluding carboxylic acids is 1. The van der Waals surface area contributed by atoms with Crippen molar-refractivity contribution in [3.05, 3.63) is 35.0 Å². The Hall–Kier alpha value is -1.79. The van der Waals surface area contributed by atoms with Gasteiger partial charge in [0.2, 0.25) is 0 Å². The van der Waals surface area contributed by atoms with E-state index in [0.717, 1.165) is 22.1 Å². The van der Waals surface area contributed by atoms with Crippen molar-refractivity contribution in [3.63, 3.8) is 0 Å². The van der Waals surface area contributed by atoms with Gasteiger partial charge in [-0.25, -0.2) is 4.98 Å². The molecule has 6 heteroatoms. The van der Waals surface area contributed by atoms with Crippen LogP contribution in [0.1, 0.15) is 5.56 Å². The average molecular weight is 291 g/mol. The lowest BCUT2D eigenvalue weighted by Crippen LogP contribution is -2.33. The molecule has 2 aromatic rings. The van der Waals surface area contributed by atoms with Gasteiger partial charge >= 0.3 is 0 Å². The van der Waals surface area contributed by atoms with Gasteiger partial charge in [-0.1, -0.05) is 6.07 Å². The number of nitrogens with zero attached hydrogens (tertiary/aromatic N) is 2. The normalized spacial score (nSPS) is 11.4. The van der Waals surface area contributed by atoms with E-state index < -0.39 is 0 Å². The molecule has 0 amide bonds. The van der Waals surface area contributed by atoms with Gasteiger partial charge in [-0.2, -0.15) is 0 Å². The molecule has 0 aliphatic rings. The number of allylic oxidation sites excluding steroid dienone is 1. The largest absolute Gasteiger partial charge is 0.355 e. The van der Waals surface area contributed by atoms with Crippen molar-refractivity contribution in [2.45, 2.75) is 0 Å². The second kappa shape index (κ2) is 5.90. The number of thiazole rings is 1. The van der Waals surface area contributed by atoms with Gasteiger partial charge in [-0.05, 0) is 36.0 Å². The molecule has 0 saturated carbocycles. The average Bonchev–Trinajstić information content (AvgIpc) is 2.85. The van der Waals surface area contributed by atoms with Gasteiger partial charge in [0, 0.05) is 14.1 Å². The van der Waals surface area contributed by atoms with E-state index in [1.54, 1.807) is 27.8 Å². The SMILES string of the molecule is CN(C)C(=S)N/C(C=O)=C\c1ccc2ncsc2c1. The summed E-state index contributed by atoms with van der Waals surface area (Å²) in [4.78, 5) is 17.0. The minimum absolute atomic E-state index is 0.433. The molecule has 0 unspecified atom stereocenters. The maximum Gasteiger partial charge on any atom is 0.172 e. The molecule has 0 spiro atoms. The highest BCUT2D eigenvalue weighted by molar-refractivity contribution is 7.80. The molecule has 1 heterocycles. The molecule has 98 valence electrons. The van der Waals surface area contributed by atoms with Crippen LogP contribution in [0.15, 0.2) is 29.4 Å². The number of hydrogen-bond donors (Lipinski definition) is 1. The summed E-state index contributed by atoms with van der Waals surface area (Å²) < 4.78 is 1.09. The first-order valence-corrected chi connectivity index (χ1v) is 6.87. The summed E-state index contributed by atoms with van der Waals surface area (Å²) in [5, 5.41) is 3.39. The fraction of sp³-hybridized carbons (Fsp3) is 0.154. The number of carbonyl (C=O) groups is 1. The van der Waals surface area contributed by atoms with E-state index in [2.05, 4.69) is 10.3 Å². The smallest absolute Gasteiger partial charge is 0.172 e. The molecule has 1 N–H and O–H groups in total. The van der Waals surface area contributed by atoms with E-state index in [-0.39, 0.29) is 0 Å². The lowest BCUT2D eigenvalue weighted by Gasteiger charge is -2.15. The molecule has 0 bridgehead atoms. The number of hydrogen-bond acceptors (Lipinski definition) is 4. The van der Waals surface area contributed by atoms with Gasteiger partial charge in [-0.3, -0.25) is 4.79 Å². The molecule has 0 radical (unpaired) electrons. The van der Waals surface area contributed by atoms with Crippen molar-refractivity contribution in [2.75, 3.05) is 14.1 Å². The number of aldehydes is 1. The molecule has 0 atom stereocenters. The first kappa shape index (κ1) is 13.6. The van der Waals surface area contributed by atoms with Crippen LogP contribution in [0.5, 0.6) is 0 Å². The number of benzene rings is 1. The van der Waals surface area contributed by atoms with Gasteiger partial charge in [0.15, 0.2) is 11.4 Å². The molecule has 1 aromatic carbocycles. The maximum atomic E-state index is 11.1. The van der Waals surface area contributed by atoms with E-state index in [4.69, 9.17) is 12.2 Å². The molecular formula is C13H13N3OS2. The highest BCUT2D eigenvalue weighted by Crippen LogP contribution is 2.20. The van der Waals surface area contributed by atoms with E-state index >= 15 is 0 Å². The molecule has 4 nitrogen and oxygen atoms in total. The summed E-state index contributed by atoms with van der Waals surface area (Å²) in [6, 6.07) is 5.85. The quantitative estimate of drug-likeness (QED) is 0.534. The van der Waals surface area contributed by atoms with Gasteiger partial charge in [0.05, 0.1) is 21.4 Å². The van der Waals surface area contributed by atoms with Crippen molar-refractivity contribution in [3.8, 4) is 0 Å². The van der Waals surface area contributed by atoms with Crippen LogP contribution in [0, 0.1) is 0 Å². The molecule has 1 aromatic heterocycles. The van der Waals surface area contributed by atoms with Gasteiger partial charge in [0.1, 0.15) is 0 Å². The van der Waals surface area contributed by atoms with Crippen LogP contribution in [0.4, 0.5) is 0 Å². The fourth-order valence-corrected chi connectivity index (χ4v) is 2.32. The summed E-state index contributed by atoms with van der Waals surface area (Å²) in [6.07, 6.45) is 2.52. The zero-order chi connectivity index (χ0) is 13.8. The molecular weight excluding hydrogens is 278 g/mol. The number of thiocarbonyl (C=S) groups is 1. The van der Waals surface area contributed by atoms with E-state index in [1.165, 1.54) is 0 Å². The standard InChI is InChI=1S/C13H13N3OS2/c1-16(2)13(18)15-10(7-17)5-9-3-4-11-12(6-9)19-8-14-11/h3-8H,1-2H3,(H,15,18)/b10-5-. The number of fused-ring (bicyclic) bond motifs is 1. The third kappa shape index (κ3) is 3.36. The Morgan fingerprint density at radius 3 is 2.95 bits per heavy atom. The van der Waals surface area contributed by atoms with Crippen LogP contribution in [0.2, 0.25) is 0 Å². The van der Waals surface area contributed by atoms with Crippen molar-refractivity contribution in [2.24, 2.45) is 0 Å². The number of aromatic nitrogens is 1. The highest BCUT2D eigenvalue weighted by Gasteiger charge is 2.03. The van der Waals surface area contributed by atoms with Crippen LogP contribution in [0.25, 0.3) is 16.3 Å². The summed E-state index contributed by atoms with van der Waals surface area (Å²) in [6.45, 7) is 0. The molecule has 0 saturated heterocycles. The van der Waals surface area contributed by atoms with Crippen LogP contribution < -0.4 is 5.32 Å². The first-order chi connectivity index (χ1) is 9.10. The minimum Gasteiger partial charge on any atom is -0.355 e. The first-order valence-electron chi connectivity index (χ1n) is 5.58. The zero-order valence-electron chi connectivity index (χ0n) is 10.6. The molecule has 2 rings (SSSR count). The van der Waals surface area contributed by atoms with Crippen LogP contribution in [-0.4, -0.2) is 35.4 Å². The Morgan fingerprint density at radius 1 is 1.47 bits per heavy atom. The molecule has 0 fully saturated rings. The monoisotopic (exact) mass is 291 g/mol. The Morgan fingerprint density at radius 2 is 2.26 bits per heavy atom. The molecule has 0 aliphatic heterocycles. The van der Waals surface area contributed by atoms with Crippen molar-refractivity contribution >= 4 is 51.2 Å². The van der Waals surface area contributed by atoms with Crippen LogP contribution in [0.3, 0.4) is 0 Å². The second-order valence-corrected chi connectivity index (χ2v) is 5.39. The minimum atomic E-state index is 0.433. The predicted molar refractivity (Wildman–Crippen MR) is 83.1 cm³/mol. The summed E-state index contributed by atoms with van der Waals surface area (Å²) >= 11 is 6.68. The second-order valence-electron chi connectivity index (χ2n) is 4.12. The van der Waals surface area contributed by atoms with Gasteiger partial charge in [0.25, 0.3) is 0 Å². The number of nitrogens with one attached hydrogen (secondary N) is 1. The lowest BCUT2D eigenvalue weighted by atomic mass is 10.2. The predicted octanol–water partition coefficient (Wildman–Crippen LogP) is 2.27.